The number of carbonyl (C=O) groups is 1. The van der Waals surface area contributed by atoms with E-state index in [0.29, 0.717) is 10.2 Å². The number of esters is 1. The minimum atomic E-state index is -0.447. The molecule has 0 spiro atoms. The molecule has 0 amide bonds. The summed E-state index contributed by atoms with van der Waals surface area (Å²) in [5.74, 6) is -0.447. The standard InChI is InChI=1S/C12H15BN2O4S/c1-6-8-10(17)15(5-4-7(16)19-3)12(18)14(2)11(8)20-9(6)13/h4-5,13H2,1-3H3. The lowest BCUT2D eigenvalue weighted by molar-refractivity contribution is -0.140. The number of ether oxygens (including phenoxy) is 1. The highest BCUT2D eigenvalue weighted by Crippen LogP contribution is 2.17. The van der Waals surface area contributed by atoms with Gasteiger partial charge in [0.05, 0.1) is 18.9 Å². The molecule has 0 unspecified atom stereocenters. The van der Waals surface area contributed by atoms with Crippen molar-refractivity contribution >= 4 is 40.1 Å². The maximum atomic E-state index is 12.4. The molecule has 0 aliphatic heterocycles. The van der Waals surface area contributed by atoms with E-state index in [1.54, 1.807) is 7.05 Å². The van der Waals surface area contributed by atoms with Gasteiger partial charge in [-0.3, -0.25) is 18.7 Å². The van der Waals surface area contributed by atoms with Gasteiger partial charge in [0.25, 0.3) is 5.56 Å². The van der Waals surface area contributed by atoms with E-state index in [4.69, 9.17) is 0 Å². The summed E-state index contributed by atoms with van der Waals surface area (Å²) in [4.78, 5) is 36.5. The average molecular weight is 294 g/mol. The number of aromatic nitrogens is 2. The van der Waals surface area contributed by atoms with E-state index in [2.05, 4.69) is 4.74 Å². The van der Waals surface area contributed by atoms with Crippen molar-refractivity contribution in [3.63, 3.8) is 0 Å². The number of nitrogens with zero attached hydrogens (tertiary/aromatic N) is 2. The SMILES string of the molecule is Bc1sc2c(c1C)c(=O)n(CCC(=O)OC)c(=O)n2C. The summed E-state index contributed by atoms with van der Waals surface area (Å²) in [6, 6.07) is 0. The third kappa shape index (κ3) is 2.20. The van der Waals surface area contributed by atoms with Crippen LogP contribution in [0.5, 0.6) is 0 Å². The zero-order valence-corrected chi connectivity index (χ0v) is 12.7. The Morgan fingerprint density at radius 2 is 2.05 bits per heavy atom. The molecule has 2 aromatic rings. The van der Waals surface area contributed by atoms with Crippen LogP contribution in [0.3, 0.4) is 0 Å². The Labute approximate surface area is 120 Å². The molecule has 0 aliphatic carbocycles. The minimum absolute atomic E-state index is 0.000674. The zero-order chi connectivity index (χ0) is 15.0. The summed E-state index contributed by atoms with van der Waals surface area (Å²) in [5, 5.41) is 0.555. The van der Waals surface area contributed by atoms with Crippen molar-refractivity contribution in [3.05, 3.63) is 26.4 Å². The van der Waals surface area contributed by atoms with Crippen LogP contribution in [-0.4, -0.2) is 30.1 Å². The zero-order valence-electron chi connectivity index (χ0n) is 11.8. The summed E-state index contributed by atoms with van der Waals surface area (Å²) in [5.41, 5.74) is 0.138. The van der Waals surface area contributed by atoms with Crippen LogP contribution in [0.1, 0.15) is 12.0 Å². The molecule has 0 saturated heterocycles. The Morgan fingerprint density at radius 3 is 2.65 bits per heavy atom. The molecular formula is C12H15BN2O4S. The van der Waals surface area contributed by atoms with E-state index in [-0.39, 0.29) is 18.5 Å². The van der Waals surface area contributed by atoms with Gasteiger partial charge in [-0.2, -0.15) is 0 Å². The summed E-state index contributed by atoms with van der Waals surface area (Å²) >= 11 is 1.43. The van der Waals surface area contributed by atoms with Gasteiger partial charge in [-0.1, -0.05) is 0 Å². The summed E-state index contributed by atoms with van der Waals surface area (Å²) in [6.07, 6.45) is -0.000674. The molecule has 2 aromatic heterocycles. The third-order valence-corrected chi connectivity index (χ3v) is 4.70. The topological polar surface area (TPSA) is 70.3 Å². The molecule has 0 saturated carbocycles. The Hall–Kier alpha value is -1.83. The van der Waals surface area contributed by atoms with Gasteiger partial charge < -0.3 is 4.74 Å². The third-order valence-electron chi connectivity index (χ3n) is 3.42. The quantitative estimate of drug-likeness (QED) is 0.532. The first-order valence-corrected chi connectivity index (χ1v) is 6.96. The van der Waals surface area contributed by atoms with E-state index in [0.717, 1.165) is 14.9 Å². The maximum Gasteiger partial charge on any atom is 0.331 e. The molecule has 0 N–H and O–H groups in total. The number of hydrogen-bond acceptors (Lipinski definition) is 5. The highest BCUT2D eigenvalue weighted by atomic mass is 32.1. The van der Waals surface area contributed by atoms with E-state index >= 15 is 0 Å². The van der Waals surface area contributed by atoms with E-state index in [1.165, 1.54) is 23.0 Å². The van der Waals surface area contributed by atoms with Gasteiger partial charge in [0.2, 0.25) is 0 Å². The van der Waals surface area contributed by atoms with Crippen LogP contribution in [0, 0.1) is 6.92 Å². The number of hydrogen-bond donors (Lipinski definition) is 0. The van der Waals surface area contributed by atoms with Crippen LogP contribution in [0.15, 0.2) is 9.59 Å². The van der Waals surface area contributed by atoms with Gasteiger partial charge in [0, 0.05) is 13.6 Å². The number of fused-ring (bicyclic) bond motifs is 1. The van der Waals surface area contributed by atoms with Crippen molar-refractivity contribution in [1.29, 1.82) is 0 Å². The number of aryl methyl sites for hydroxylation is 2. The average Bonchev–Trinajstić information content (AvgIpc) is 2.72. The Bertz CT molecular complexity index is 802. The predicted molar refractivity (Wildman–Crippen MR) is 80.9 cm³/mol. The van der Waals surface area contributed by atoms with Gasteiger partial charge in [-0.25, -0.2) is 4.79 Å². The number of carbonyl (C=O) groups excluding carboxylic acids is 1. The molecule has 20 heavy (non-hydrogen) atoms. The lowest BCUT2D eigenvalue weighted by atomic mass is 10.0. The van der Waals surface area contributed by atoms with Crippen molar-refractivity contribution < 1.29 is 9.53 Å². The van der Waals surface area contributed by atoms with Gasteiger partial charge >= 0.3 is 11.7 Å². The molecule has 0 aliphatic rings. The molecule has 2 rings (SSSR count). The fourth-order valence-corrected chi connectivity index (χ4v) is 3.19. The highest BCUT2D eigenvalue weighted by molar-refractivity contribution is 7.26. The van der Waals surface area contributed by atoms with Crippen LogP contribution in [-0.2, 0) is 23.1 Å². The van der Waals surface area contributed by atoms with Gasteiger partial charge in [-0.15, -0.1) is 11.3 Å². The normalized spacial score (nSPS) is 10.9. The first-order chi connectivity index (χ1) is 9.38. The second kappa shape index (κ2) is 5.28. The van der Waals surface area contributed by atoms with E-state index < -0.39 is 11.7 Å². The monoisotopic (exact) mass is 294 g/mol. The first kappa shape index (κ1) is 14.6. The maximum absolute atomic E-state index is 12.4. The van der Waals surface area contributed by atoms with Gasteiger partial charge in [0.1, 0.15) is 4.83 Å². The Kier molecular flexibility index (Phi) is 3.85. The van der Waals surface area contributed by atoms with E-state index in [1.807, 2.05) is 14.8 Å². The molecule has 6 nitrogen and oxygen atoms in total. The van der Waals surface area contributed by atoms with Crippen molar-refractivity contribution in [2.75, 3.05) is 7.11 Å². The first-order valence-electron chi connectivity index (χ1n) is 6.14. The van der Waals surface area contributed by atoms with Gasteiger partial charge in [0.15, 0.2) is 7.85 Å². The van der Waals surface area contributed by atoms with Crippen LogP contribution in [0.2, 0.25) is 0 Å². The summed E-state index contributed by atoms with van der Waals surface area (Å²) in [7, 11) is 4.83. The molecule has 0 aromatic carbocycles. The molecular weight excluding hydrogens is 279 g/mol. The fraction of sp³-hybridized carbons (Fsp3) is 0.417. The lowest BCUT2D eigenvalue weighted by Gasteiger charge is -2.08. The molecule has 0 bridgehead atoms. The molecule has 8 heteroatoms. The van der Waals surface area contributed by atoms with Crippen molar-refractivity contribution in [2.24, 2.45) is 7.05 Å². The van der Waals surface area contributed by atoms with Crippen LogP contribution in [0.25, 0.3) is 10.2 Å². The van der Waals surface area contributed by atoms with Crippen LogP contribution in [0.4, 0.5) is 0 Å². The fourth-order valence-electron chi connectivity index (χ4n) is 2.09. The second-order valence-electron chi connectivity index (χ2n) is 4.59. The van der Waals surface area contributed by atoms with Crippen molar-refractivity contribution in [3.8, 4) is 0 Å². The van der Waals surface area contributed by atoms with Crippen molar-refractivity contribution in [1.82, 2.24) is 9.13 Å². The number of methoxy groups -OCH3 is 1. The highest BCUT2D eigenvalue weighted by Gasteiger charge is 2.17. The minimum Gasteiger partial charge on any atom is -0.469 e. The Morgan fingerprint density at radius 1 is 1.40 bits per heavy atom. The van der Waals surface area contributed by atoms with E-state index in [9.17, 15) is 14.4 Å². The molecule has 106 valence electrons. The summed E-state index contributed by atoms with van der Waals surface area (Å²) in [6.45, 7) is 1.90. The number of thiophene rings is 1. The summed E-state index contributed by atoms with van der Waals surface area (Å²) < 4.78 is 8.10. The number of rotatable bonds is 3. The lowest BCUT2D eigenvalue weighted by Crippen LogP contribution is -2.39. The molecule has 2 heterocycles. The largest absolute Gasteiger partial charge is 0.469 e. The Balaban J connectivity index is 2.67. The van der Waals surface area contributed by atoms with Crippen LogP contribution >= 0.6 is 11.3 Å². The molecule has 0 atom stereocenters. The van der Waals surface area contributed by atoms with Gasteiger partial charge in [-0.05, 0) is 17.3 Å². The second-order valence-corrected chi connectivity index (χ2v) is 5.79. The van der Waals surface area contributed by atoms with Crippen molar-refractivity contribution in [2.45, 2.75) is 19.9 Å². The smallest absolute Gasteiger partial charge is 0.331 e. The molecule has 0 fully saturated rings. The predicted octanol–water partition coefficient (Wildman–Crippen LogP) is -1.11. The molecule has 0 radical (unpaired) electrons. The van der Waals surface area contributed by atoms with Crippen LogP contribution < -0.4 is 16.0 Å².